The van der Waals surface area contributed by atoms with Gasteiger partial charge < -0.3 is 4.74 Å². The maximum atomic E-state index is 13.4. The summed E-state index contributed by atoms with van der Waals surface area (Å²) in [5.74, 6) is -0.385. The topological polar surface area (TPSA) is 43.4 Å². The van der Waals surface area contributed by atoms with E-state index in [0.29, 0.717) is 11.4 Å². The van der Waals surface area contributed by atoms with Gasteiger partial charge in [0.05, 0.1) is 5.92 Å². The van der Waals surface area contributed by atoms with E-state index >= 15 is 0 Å². The van der Waals surface area contributed by atoms with Crippen molar-refractivity contribution in [2.45, 2.75) is 58.5 Å². The van der Waals surface area contributed by atoms with Gasteiger partial charge in [-0.25, -0.2) is 0 Å². The van der Waals surface area contributed by atoms with Crippen molar-refractivity contribution in [1.82, 2.24) is 0 Å². The first-order chi connectivity index (χ1) is 16.1. The Balaban J connectivity index is 1.47. The Bertz CT molecular complexity index is 1190. The van der Waals surface area contributed by atoms with Crippen molar-refractivity contribution in [3.05, 3.63) is 94.0 Å². The summed E-state index contributed by atoms with van der Waals surface area (Å²) < 4.78 is 5.51. The number of ketones is 1. The van der Waals surface area contributed by atoms with Gasteiger partial charge in [-0.15, -0.1) is 0 Å². The fraction of sp³-hybridized carbons (Fsp3) is 0.333. The number of esters is 1. The Morgan fingerprint density at radius 2 is 1.65 bits per heavy atom. The molecule has 0 aliphatic heterocycles. The van der Waals surface area contributed by atoms with Gasteiger partial charge in [0.1, 0.15) is 5.60 Å². The minimum atomic E-state index is -0.504. The molecule has 2 unspecified atom stereocenters. The molecule has 4 heteroatoms. The quantitative estimate of drug-likeness (QED) is 0.361. The predicted octanol–water partition coefficient (Wildman–Crippen LogP) is 7.44. The van der Waals surface area contributed by atoms with Crippen LogP contribution in [0.1, 0.15) is 67.1 Å². The fourth-order valence-electron chi connectivity index (χ4n) is 4.47. The average molecular weight is 475 g/mol. The summed E-state index contributed by atoms with van der Waals surface area (Å²) in [5, 5.41) is 0.698. The molecule has 0 fully saturated rings. The van der Waals surface area contributed by atoms with E-state index in [1.165, 1.54) is 0 Å². The lowest BCUT2D eigenvalue weighted by molar-refractivity contribution is -0.156. The molecule has 0 bridgehead atoms. The van der Waals surface area contributed by atoms with Gasteiger partial charge in [-0.3, -0.25) is 9.59 Å². The number of ether oxygens (including phenoxy) is 1. The second-order valence-corrected chi connectivity index (χ2v) is 10.6. The van der Waals surface area contributed by atoms with Crippen LogP contribution in [0, 0.1) is 5.92 Å². The molecule has 3 aromatic rings. The number of Topliss-reactive ketones (excluding diaryl/α,β-unsaturated/α-hetero) is 1. The van der Waals surface area contributed by atoms with Crippen molar-refractivity contribution in [3.63, 3.8) is 0 Å². The van der Waals surface area contributed by atoms with Crippen LogP contribution >= 0.6 is 11.6 Å². The van der Waals surface area contributed by atoms with Crippen LogP contribution in [0.25, 0.3) is 11.1 Å². The monoisotopic (exact) mass is 474 g/mol. The van der Waals surface area contributed by atoms with E-state index in [4.69, 9.17) is 16.3 Å². The summed E-state index contributed by atoms with van der Waals surface area (Å²) in [4.78, 5) is 25.8. The number of carbonyl (C=O) groups excluding carboxylic acids is 2. The van der Waals surface area contributed by atoms with Gasteiger partial charge in [0, 0.05) is 16.5 Å². The van der Waals surface area contributed by atoms with Crippen molar-refractivity contribution in [1.29, 1.82) is 0 Å². The van der Waals surface area contributed by atoms with Crippen LogP contribution in [0.5, 0.6) is 0 Å². The first-order valence-corrected chi connectivity index (χ1v) is 12.2. The van der Waals surface area contributed by atoms with Crippen molar-refractivity contribution < 1.29 is 14.3 Å². The van der Waals surface area contributed by atoms with Crippen molar-refractivity contribution in [2.24, 2.45) is 5.92 Å². The molecule has 0 spiro atoms. The molecule has 0 saturated heterocycles. The van der Waals surface area contributed by atoms with Gasteiger partial charge in [0.15, 0.2) is 5.78 Å². The lowest BCUT2D eigenvalue weighted by Crippen LogP contribution is -2.26. The number of carbonyl (C=O) groups is 2. The fourth-order valence-corrected chi connectivity index (χ4v) is 4.60. The first kappa shape index (κ1) is 24.2. The van der Waals surface area contributed by atoms with Crippen LogP contribution in [0.2, 0.25) is 5.02 Å². The van der Waals surface area contributed by atoms with Crippen molar-refractivity contribution in [2.75, 3.05) is 0 Å². The maximum absolute atomic E-state index is 13.4. The van der Waals surface area contributed by atoms with E-state index in [-0.39, 0.29) is 23.6 Å². The maximum Gasteiger partial charge on any atom is 0.313 e. The van der Waals surface area contributed by atoms with E-state index in [9.17, 15) is 9.59 Å². The van der Waals surface area contributed by atoms with Crippen molar-refractivity contribution in [3.8, 4) is 11.1 Å². The molecule has 4 rings (SSSR count). The van der Waals surface area contributed by atoms with E-state index in [2.05, 4.69) is 12.1 Å². The van der Waals surface area contributed by atoms with E-state index < -0.39 is 5.60 Å². The van der Waals surface area contributed by atoms with Gasteiger partial charge in [-0.05, 0) is 93.0 Å². The smallest absolute Gasteiger partial charge is 0.313 e. The highest BCUT2D eigenvalue weighted by molar-refractivity contribution is 6.30. The molecule has 0 N–H and O–H groups in total. The SMILES string of the molecule is CC(C(=O)OC(C)(C)C)c1ccc(CC2CCc3ccc(-c4ccc(Cl)cc4)cc3C2=O)cc1. The van der Waals surface area contributed by atoms with E-state index in [0.717, 1.165) is 46.2 Å². The van der Waals surface area contributed by atoms with Crippen LogP contribution in [0.4, 0.5) is 0 Å². The molecule has 3 aromatic carbocycles. The van der Waals surface area contributed by atoms with Crippen molar-refractivity contribution >= 4 is 23.4 Å². The summed E-state index contributed by atoms with van der Waals surface area (Å²) in [6.07, 6.45) is 2.45. The first-order valence-electron chi connectivity index (χ1n) is 11.9. The minimum Gasteiger partial charge on any atom is -0.460 e. The van der Waals surface area contributed by atoms with Crippen LogP contribution in [0.15, 0.2) is 66.7 Å². The number of hydrogen-bond acceptors (Lipinski definition) is 3. The van der Waals surface area contributed by atoms with Crippen LogP contribution in [0.3, 0.4) is 0 Å². The third-order valence-electron chi connectivity index (χ3n) is 6.41. The normalized spacial score (nSPS) is 16.6. The summed E-state index contributed by atoms with van der Waals surface area (Å²) in [6, 6.07) is 21.9. The standard InChI is InChI=1S/C30H31ClO3/c1-19(29(33)34-30(2,3)4)21-7-5-20(6-8-21)17-25-12-10-23-9-11-24(18-27(23)28(25)32)22-13-15-26(31)16-14-22/h5-9,11,13-16,18-19,25H,10,12,17H2,1-4H3. The second kappa shape index (κ2) is 9.76. The highest BCUT2D eigenvalue weighted by Crippen LogP contribution is 2.32. The highest BCUT2D eigenvalue weighted by Gasteiger charge is 2.28. The zero-order valence-electron chi connectivity index (χ0n) is 20.2. The number of hydrogen-bond donors (Lipinski definition) is 0. The molecule has 3 nitrogen and oxygen atoms in total. The molecule has 0 amide bonds. The van der Waals surface area contributed by atoms with Crippen LogP contribution in [-0.2, 0) is 22.4 Å². The van der Waals surface area contributed by atoms with Gasteiger partial charge in [-0.1, -0.05) is 60.1 Å². The average Bonchev–Trinajstić information content (AvgIpc) is 2.80. The predicted molar refractivity (Wildman–Crippen MR) is 137 cm³/mol. The molecule has 0 aromatic heterocycles. The molecule has 1 aliphatic rings. The number of fused-ring (bicyclic) bond motifs is 1. The third-order valence-corrected chi connectivity index (χ3v) is 6.66. The lowest BCUT2D eigenvalue weighted by Gasteiger charge is -2.24. The Labute approximate surface area is 207 Å². The Hall–Kier alpha value is -2.91. The largest absolute Gasteiger partial charge is 0.460 e. The van der Waals surface area contributed by atoms with E-state index in [1.807, 2.05) is 82.3 Å². The molecule has 0 saturated carbocycles. The molecule has 34 heavy (non-hydrogen) atoms. The Kier molecular flexibility index (Phi) is 6.95. The number of benzene rings is 3. The van der Waals surface area contributed by atoms with Gasteiger partial charge in [0.25, 0.3) is 0 Å². The molecule has 0 radical (unpaired) electrons. The lowest BCUT2D eigenvalue weighted by atomic mass is 9.78. The summed E-state index contributed by atoms with van der Waals surface area (Å²) in [6.45, 7) is 7.48. The van der Waals surface area contributed by atoms with Crippen LogP contribution in [-0.4, -0.2) is 17.4 Å². The molecule has 2 atom stereocenters. The van der Waals surface area contributed by atoms with Crippen LogP contribution < -0.4 is 0 Å². The summed E-state index contributed by atoms with van der Waals surface area (Å²) in [5.41, 5.74) is 5.57. The zero-order chi connectivity index (χ0) is 24.5. The number of rotatable bonds is 5. The summed E-state index contributed by atoms with van der Waals surface area (Å²) in [7, 11) is 0. The molecular weight excluding hydrogens is 444 g/mol. The zero-order valence-corrected chi connectivity index (χ0v) is 21.0. The molecule has 0 heterocycles. The second-order valence-electron chi connectivity index (χ2n) is 10.2. The van der Waals surface area contributed by atoms with Gasteiger partial charge >= 0.3 is 5.97 Å². The highest BCUT2D eigenvalue weighted by atomic mass is 35.5. The van der Waals surface area contributed by atoms with Gasteiger partial charge in [-0.2, -0.15) is 0 Å². The summed E-state index contributed by atoms with van der Waals surface area (Å²) >= 11 is 6.02. The Morgan fingerprint density at radius 1 is 1.00 bits per heavy atom. The van der Waals surface area contributed by atoms with Gasteiger partial charge in [0.2, 0.25) is 0 Å². The molecular formula is C30H31ClO3. The number of aryl methyl sites for hydroxylation is 1. The number of halogens is 1. The third kappa shape index (κ3) is 5.59. The molecule has 1 aliphatic carbocycles. The minimum absolute atomic E-state index is 0.0397. The molecule has 176 valence electrons. The van der Waals surface area contributed by atoms with E-state index in [1.54, 1.807) is 0 Å². The Morgan fingerprint density at radius 3 is 2.29 bits per heavy atom.